The summed E-state index contributed by atoms with van der Waals surface area (Å²) in [7, 11) is 1.68. The van der Waals surface area contributed by atoms with E-state index >= 15 is 0 Å². The van der Waals surface area contributed by atoms with E-state index in [-0.39, 0.29) is 6.04 Å². The average Bonchev–Trinajstić information content (AvgIpc) is 2.84. The number of rotatable bonds is 7. The maximum Gasteiger partial charge on any atom is 0.0713 e. The van der Waals surface area contributed by atoms with Crippen molar-refractivity contribution in [2.24, 2.45) is 5.84 Å². The number of benzene rings is 1. The summed E-state index contributed by atoms with van der Waals surface area (Å²) in [6.07, 6.45) is 2.59. The molecule has 0 amide bonds. The predicted octanol–water partition coefficient (Wildman–Crippen LogP) is 2.04. The summed E-state index contributed by atoms with van der Waals surface area (Å²) >= 11 is 3.54. The molecule has 6 heteroatoms. The molecule has 0 saturated carbocycles. The Morgan fingerprint density at radius 3 is 2.80 bits per heavy atom. The maximum absolute atomic E-state index is 5.74. The van der Waals surface area contributed by atoms with E-state index < -0.39 is 0 Å². The Kier molecular flexibility index (Phi) is 5.72. The number of methoxy groups -OCH3 is 1. The van der Waals surface area contributed by atoms with Gasteiger partial charge in [0, 0.05) is 7.11 Å². The molecular weight excluding hydrogens is 320 g/mol. The molecule has 20 heavy (non-hydrogen) atoms. The van der Waals surface area contributed by atoms with Crippen molar-refractivity contribution in [3.63, 3.8) is 0 Å². The molecule has 0 saturated heterocycles. The van der Waals surface area contributed by atoms with Gasteiger partial charge in [-0.15, -0.1) is 0 Å². The van der Waals surface area contributed by atoms with Gasteiger partial charge in [0.1, 0.15) is 0 Å². The van der Waals surface area contributed by atoms with E-state index in [1.807, 2.05) is 22.9 Å². The van der Waals surface area contributed by atoms with Crippen LogP contribution in [0.4, 0.5) is 0 Å². The number of ether oxygens (including phenoxy) is 1. The van der Waals surface area contributed by atoms with Gasteiger partial charge in [-0.3, -0.25) is 16.0 Å². The van der Waals surface area contributed by atoms with Crippen LogP contribution in [0.5, 0.6) is 0 Å². The van der Waals surface area contributed by atoms with Crippen LogP contribution in [-0.4, -0.2) is 23.5 Å². The van der Waals surface area contributed by atoms with Crippen molar-refractivity contribution in [3.05, 3.63) is 52.3 Å². The smallest absolute Gasteiger partial charge is 0.0713 e. The Balaban J connectivity index is 2.20. The molecule has 0 spiro atoms. The van der Waals surface area contributed by atoms with Crippen LogP contribution in [-0.2, 0) is 17.7 Å². The molecule has 0 aliphatic heterocycles. The molecular formula is C14H19BrN4O. The highest BCUT2D eigenvalue weighted by Gasteiger charge is 2.19. The second-order valence-corrected chi connectivity index (χ2v) is 5.36. The minimum absolute atomic E-state index is 0.00821. The van der Waals surface area contributed by atoms with Crippen molar-refractivity contribution in [1.82, 2.24) is 15.2 Å². The number of hydrogen-bond donors (Lipinski definition) is 2. The third kappa shape index (κ3) is 3.67. The lowest BCUT2D eigenvalue weighted by Crippen LogP contribution is -2.32. The van der Waals surface area contributed by atoms with Crippen LogP contribution in [0.1, 0.15) is 17.3 Å². The summed E-state index contributed by atoms with van der Waals surface area (Å²) in [5, 5.41) is 4.36. The van der Waals surface area contributed by atoms with Gasteiger partial charge in [0.05, 0.1) is 35.6 Å². The van der Waals surface area contributed by atoms with Gasteiger partial charge in [-0.05, 0) is 27.9 Å². The molecule has 0 radical (unpaired) electrons. The van der Waals surface area contributed by atoms with Crippen molar-refractivity contribution in [3.8, 4) is 0 Å². The molecule has 3 N–H and O–H groups in total. The molecule has 0 aliphatic carbocycles. The number of halogens is 1. The van der Waals surface area contributed by atoms with Crippen molar-refractivity contribution in [1.29, 1.82) is 0 Å². The third-order valence-corrected chi connectivity index (χ3v) is 3.77. The van der Waals surface area contributed by atoms with Crippen LogP contribution in [0.2, 0.25) is 0 Å². The second kappa shape index (κ2) is 7.54. The lowest BCUT2D eigenvalue weighted by Gasteiger charge is -2.18. The minimum atomic E-state index is -0.00821. The molecule has 2 rings (SSSR count). The number of hydrogen-bond acceptors (Lipinski definition) is 4. The number of nitrogens with one attached hydrogen (secondary N) is 1. The summed E-state index contributed by atoms with van der Waals surface area (Å²) in [6, 6.07) is 10.2. The first-order valence-corrected chi connectivity index (χ1v) is 7.25. The van der Waals surface area contributed by atoms with Crippen LogP contribution in [0.3, 0.4) is 0 Å². The Morgan fingerprint density at radius 1 is 1.40 bits per heavy atom. The molecule has 5 nitrogen and oxygen atoms in total. The molecule has 0 bridgehead atoms. The first-order valence-electron chi connectivity index (χ1n) is 6.46. The fraction of sp³-hybridized carbons (Fsp3) is 0.357. The molecule has 1 heterocycles. The normalized spacial score (nSPS) is 12.6. The molecule has 108 valence electrons. The monoisotopic (exact) mass is 338 g/mol. The molecule has 1 unspecified atom stereocenters. The summed E-state index contributed by atoms with van der Waals surface area (Å²) in [5.74, 6) is 5.74. The van der Waals surface area contributed by atoms with Crippen molar-refractivity contribution in [2.75, 3.05) is 13.7 Å². The summed E-state index contributed by atoms with van der Waals surface area (Å²) in [6.45, 7) is 1.31. The van der Waals surface area contributed by atoms with Gasteiger partial charge in [0.2, 0.25) is 0 Å². The lowest BCUT2D eigenvalue weighted by atomic mass is 10.0. The van der Waals surface area contributed by atoms with Crippen molar-refractivity contribution < 1.29 is 4.74 Å². The largest absolute Gasteiger partial charge is 0.383 e. The zero-order chi connectivity index (χ0) is 14.4. The van der Waals surface area contributed by atoms with Crippen molar-refractivity contribution >= 4 is 15.9 Å². The van der Waals surface area contributed by atoms with Gasteiger partial charge < -0.3 is 4.74 Å². The van der Waals surface area contributed by atoms with E-state index in [1.165, 1.54) is 5.56 Å². The Labute approximate surface area is 127 Å². The van der Waals surface area contributed by atoms with Gasteiger partial charge in [-0.25, -0.2) is 0 Å². The van der Waals surface area contributed by atoms with E-state index in [0.29, 0.717) is 13.2 Å². The topological polar surface area (TPSA) is 65.1 Å². The summed E-state index contributed by atoms with van der Waals surface area (Å²) in [5.41, 5.74) is 5.14. The number of nitrogens with zero attached hydrogens (tertiary/aromatic N) is 2. The average molecular weight is 339 g/mol. The highest BCUT2D eigenvalue weighted by molar-refractivity contribution is 9.10. The molecule has 2 aromatic rings. The number of nitrogens with two attached hydrogens (primary N) is 1. The zero-order valence-electron chi connectivity index (χ0n) is 11.4. The fourth-order valence-corrected chi connectivity index (χ4v) is 2.73. The van der Waals surface area contributed by atoms with Gasteiger partial charge >= 0.3 is 0 Å². The quantitative estimate of drug-likeness (QED) is 0.599. The Morgan fingerprint density at radius 2 is 2.15 bits per heavy atom. The van der Waals surface area contributed by atoms with E-state index in [4.69, 9.17) is 10.6 Å². The van der Waals surface area contributed by atoms with Gasteiger partial charge in [0.15, 0.2) is 0 Å². The highest BCUT2D eigenvalue weighted by atomic mass is 79.9. The van der Waals surface area contributed by atoms with E-state index in [2.05, 4.69) is 38.6 Å². The van der Waals surface area contributed by atoms with E-state index in [0.717, 1.165) is 16.6 Å². The molecule has 0 aliphatic rings. The van der Waals surface area contributed by atoms with E-state index in [9.17, 15) is 0 Å². The van der Waals surface area contributed by atoms with Gasteiger partial charge in [0.25, 0.3) is 0 Å². The Bertz CT molecular complexity index is 529. The summed E-state index contributed by atoms with van der Waals surface area (Å²) < 4.78 is 7.98. The fourth-order valence-electron chi connectivity index (χ4n) is 2.16. The van der Waals surface area contributed by atoms with Crippen LogP contribution in [0.15, 0.2) is 41.0 Å². The predicted molar refractivity (Wildman–Crippen MR) is 82.0 cm³/mol. The molecule has 1 aromatic carbocycles. The number of aromatic nitrogens is 2. The first kappa shape index (κ1) is 15.2. The third-order valence-electron chi connectivity index (χ3n) is 3.15. The molecule has 1 aromatic heterocycles. The maximum atomic E-state index is 5.74. The van der Waals surface area contributed by atoms with Crippen molar-refractivity contribution in [2.45, 2.75) is 19.0 Å². The van der Waals surface area contributed by atoms with Crippen LogP contribution in [0, 0.1) is 0 Å². The standard InChI is InChI=1S/C14H19BrN4O/c1-20-8-7-19-14(12(15)10-17-19)13(18-16)9-11-5-3-2-4-6-11/h2-6,10,13,18H,7-9,16H2,1H3. The van der Waals surface area contributed by atoms with Gasteiger partial charge in [-0.2, -0.15) is 5.10 Å². The first-order chi connectivity index (χ1) is 9.76. The van der Waals surface area contributed by atoms with Gasteiger partial charge in [-0.1, -0.05) is 30.3 Å². The minimum Gasteiger partial charge on any atom is -0.383 e. The van der Waals surface area contributed by atoms with Crippen LogP contribution in [0.25, 0.3) is 0 Å². The SMILES string of the molecule is COCCn1ncc(Br)c1C(Cc1ccccc1)NN. The zero-order valence-corrected chi connectivity index (χ0v) is 13.0. The molecule has 0 fully saturated rings. The van der Waals surface area contributed by atoms with Crippen LogP contribution >= 0.6 is 15.9 Å². The number of hydrazine groups is 1. The second-order valence-electron chi connectivity index (χ2n) is 4.50. The lowest BCUT2D eigenvalue weighted by molar-refractivity contribution is 0.181. The molecule has 1 atom stereocenters. The Hall–Kier alpha value is -1.21. The summed E-state index contributed by atoms with van der Waals surface area (Å²) in [4.78, 5) is 0. The highest BCUT2D eigenvalue weighted by Crippen LogP contribution is 2.25. The van der Waals surface area contributed by atoms with Crippen LogP contribution < -0.4 is 11.3 Å². The van der Waals surface area contributed by atoms with E-state index in [1.54, 1.807) is 13.3 Å².